The van der Waals surface area contributed by atoms with Crippen molar-refractivity contribution in [3.63, 3.8) is 0 Å². The third-order valence-electron chi connectivity index (χ3n) is 5.20. The van der Waals surface area contributed by atoms with Gasteiger partial charge in [-0.2, -0.15) is 0 Å². The minimum Gasteiger partial charge on any atom is -0.493 e. The number of methoxy groups -OCH3 is 1. The van der Waals surface area contributed by atoms with Crippen molar-refractivity contribution in [2.24, 2.45) is 0 Å². The first-order valence-electron chi connectivity index (χ1n) is 8.88. The van der Waals surface area contributed by atoms with Gasteiger partial charge < -0.3 is 14.6 Å². The molecule has 4 rings (SSSR count). The third-order valence-corrected chi connectivity index (χ3v) is 5.20. The predicted molar refractivity (Wildman–Crippen MR) is 96.5 cm³/mol. The van der Waals surface area contributed by atoms with Crippen LogP contribution in [0, 0.1) is 0 Å². The summed E-state index contributed by atoms with van der Waals surface area (Å²) in [6, 6.07) is 6.92. The predicted octanol–water partition coefficient (Wildman–Crippen LogP) is 3.24. The number of aromatic nitrogens is 1. The topological polar surface area (TPSA) is 71.9 Å². The van der Waals surface area contributed by atoms with Crippen LogP contribution in [0.1, 0.15) is 48.5 Å². The minimum absolute atomic E-state index is 0.162. The van der Waals surface area contributed by atoms with Gasteiger partial charge in [0.15, 0.2) is 17.2 Å². The summed E-state index contributed by atoms with van der Waals surface area (Å²) in [4.78, 5) is 18.3. The number of pyridine rings is 1. The van der Waals surface area contributed by atoms with Crippen molar-refractivity contribution in [1.82, 2.24) is 4.98 Å². The number of carbonyl (C=O) groups excluding carboxylic acids is 1. The van der Waals surface area contributed by atoms with Crippen molar-refractivity contribution >= 4 is 11.6 Å². The van der Waals surface area contributed by atoms with Crippen molar-refractivity contribution in [2.45, 2.75) is 44.4 Å². The molecule has 6 heteroatoms. The maximum absolute atomic E-state index is 12.9. The molecule has 1 N–H and O–H groups in total. The van der Waals surface area contributed by atoms with Crippen LogP contribution in [0.4, 0.5) is 5.69 Å². The van der Waals surface area contributed by atoms with E-state index in [2.05, 4.69) is 4.98 Å². The number of nitrogens with zero attached hydrogens (tertiary/aromatic N) is 2. The van der Waals surface area contributed by atoms with Gasteiger partial charge in [-0.25, -0.2) is 0 Å². The maximum atomic E-state index is 12.9. The van der Waals surface area contributed by atoms with Gasteiger partial charge >= 0.3 is 0 Å². The van der Waals surface area contributed by atoms with Crippen molar-refractivity contribution < 1.29 is 19.4 Å². The Bertz CT molecular complexity index is 843. The zero-order valence-corrected chi connectivity index (χ0v) is 14.9. The van der Waals surface area contributed by atoms with E-state index in [0.717, 1.165) is 25.7 Å². The number of carbonyl (C=O) groups is 1. The molecule has 1 saturated carbocycles. The Balaban J connectivity index is 1.73. The van der Waals surface area contributed by atoms with Crippen molar-refractivity contribution in [2.75, 3.05) is 12.0 Å². The minimum atomic E-state index is -1.47. The molecule has 1 fully saturated rings. The van der Waals surface area contributed by atoms with E-state index in [0.29, 0.717) is 28.3 Å². The molecule has 0 saturated heterocycles. The van der Waals surface area contributed by atoms with Crippen LogP contribution in [0.5, 0.6) is 11.5 Å². The van der Waals surface area contributed by atoms with Gasteiger partial charge in [-0.15, -0.1) is 0 Å². The van der Waals surface area contributed by atoms with E-state index < -0.39 is 5.72 Å². The lowest BCUT2D eigenvalue weighted by molar-refractivity contribution is 0.0552. The summed E-state index contributed by atoms with van der Waals surface area (Å²) in [5.74, 6) is 0.949. The Hall–Kier alpha value is -2.60. The molecule has 1 aliphatic carbocycles. The number of aliphatic hydroxyl groups is 1. The first-order chi connectivity index (χ1) is 12.5. The summed E-state index contributed by atoms with van der Waals surface area (Å²) < 4.78 is 11.5. The van der Waals surface area contributed by atoms with Crippen LogP contribution in [0.3, 0.4) is 0 Å². The van der Waals surface area contributed by atoms with Crippen molar-refractivity contribution in [3.8, 4) is 11.5 Å². The fourth-order valence-corrected chi connectivity index (χ4v) is 3.85. The molecule has 6 nitrogen and oxygen atoms in total. The molecular weight excluding hydrogens is 332 g/mol. The standard InChI is InChI=1S/C20H22N2O4/c1-20(24)16-12-21-10-9-15(16)19(23)22(20)13-7-8-17(25-2)18(11-13)26-14-5-3-4-6-14/h7-12,14,24H,3-6H2,1-2H3. The molecular formula is C20H22N2O4. The van der Waals surface area contributed by atoms with E-state index in [9.17, 15) is 9.90 Å². The molecule has 1 amide bonds. The highest BCUT2D eigenvalue weighted by Crippen LogP contribution is 2.43. The number of rotatable bonds is 4. The molecule has 0 radical (unpaired) electrons. The zero-order valence-electron chi connectivity index (χ0n) is 14.9. The summed E-state index contributed by atoms with van der Waals surface area (Å²) in [5, 5.41) is 11.0. The molecule has 1 aromatic heterocycles. The Kier molecular flexibility index (Phi) is 4.07. The fraction of sp³-hybridized carbons (Fsp3) is 0.400. The Morgan fingerprint density at radius 3 is 2.69 bits per heavy atom. The van der Waals surface area contributed by atoms with Gasteiger partial charge in [0, 0.05) is 24.0 Å². The first-order valence-corrected chi connectivity index (χ1v) is 8.88. The maximum Gasteiger partial charge on any atom is 0.261 e. The molecule has 1 aliphatic heterocycles. The highest BCUT2D eigenvalue weighted by molar-refractivity contribution is 6.11. The Labute approximate surface area is 152 Å². The second-order valence-electron chi connectivity index (χ2n) is 6.94. The summed E-state index contributed by atoms with van der Waals surface area (Å²) in [5.41, 5.74) is 0.0445. The number of hydrogen-bond acceptors (Lipinski definition) is 5. The normalized spacial score (nSPS) is 22.6. The number of hydrogen-bond donors (Lipinski definition) is 1. The van der Waals surface area contributed by atoms with Crippen LogP contribution in [0.15, 0.2) is 36.7 Å². The van der Waals surface area contributed by atoms with Crippen LogP contribution in [-0.4, -0.2) is 29.2 Å². The van der Waals surface area contributed by atoms with E-state index in [1.54, 1.807) is 44.5 Å². The smallest absolute Gasteiger partial charge is 0.261 e. The van der Waals surface area contributed by atoms with Gasteiger partial charge in [-0.05, 0) is 50.8 Å². The van der Waals surface area contributed by atoms with Crippen LogP contribution in [-0.2, 0) is 5.72 Å². The van der Waals surface area contributed by atoms with E-state index in [-0.39, 0.29) is 12.0 Å². The number of benzene rings is 1. The second-order valence-corrected chi connectivity index (χ2v) is 6.94. The van der Waals surface area contributed by atoms with E-state index >= 15 is 0 Å². The summed E-state index contributed by atoms with van der Waals surface area (Å²) >= 11 is 0. The van der Waals surface area contributed by atoms with Crippen molar-refractivity contribution in [1.29, 1.82) is 0 Å². The number of fused-ring (bicyclic) bond motifs is 1. The Morgan fingerprint density at radius 1 is 1.23 bits per heavy atom. The van der Waals surface area contributed by atoms with Crippen LogP contribution in [0.25, 0.3) is 0 Å². The van der Waals surface area contributed by atoms with E-state index in [1.807, 2.05) is 0 Å². The number of amides is 1. The molecule has 1 atom stereocenters. The SMILES string of the molecule is COc1ccc(N2C(=O)c3ccncc3C2(C)O)cc1OC1CCCC1. The summed E-state index contributed by atoms with van der Waals surface area (Å²) in [6.45, 7) is 1.60. The van der Waals surface area contributed by atoms with Gasteiger partial charge in [-0.3, -0.25) is 14.7 Å². The van der Waals surface area contributed by atoms with Crippen molar-refractivity contribution in [3.05, 3.63) is 47.8 Å². The molecule has 2 aromatic rings. The second kappa shape index (κ2) is 6.29. The largest absolute Gasteiger partial charge is 0.493 e. The average Bonchev–Trinajstić information content (AvgIpc) is 3.21. The van der Waals surface area contributed by atoms with Gasteiger partial charge in [0.1, 0.15) is 0 Å². The fourth-order valence-electron chi connectivity index (χ4n) is 3.85. The number of ether oxygens (including phenoxy) is 2. The van der Waals surface area contributed by atoms with Crippen LogP contribution < -0.4 is 14.4 Å². The van der Waals surface area contributed by atoms with E-state index in [4.69, 9.17) is 9.47 Å². The quantitative estimate of drug-likeness (QED) is 0.913. The summed E-state index contributed by atoms with van der Waals surface area (Å²) in [6.07, 6.45) is 7.61. The van der Waals surface area contributed by atoms with E-state index in [1.165, 1.54) is 11.1 Å². The lowest BCUT2D eigenvalue weighted by Gasteiger charge is -2.31. The zero-order chi connectivity index (χ0) is 18.3. The highest BCUT2D eigenvalue weighted by Gasteiger charge is 2.46. The molecule has 2 heterocycles. The molecule has 0 bridgehead atoms. The molecule has 2 aliphatic rings. The monoisotopic (exact) mass is 354 g/mol. The molecule has 26 heavy (non-hydrogen) atoms. The van der Waals surface area contributed by atoms with Gasteiger partial charge in [0.2, 0.25) is 0 Å². The molecule has 0 spiro atoms. The number of anilines is 1. The Morgan fingerprint density at radius 2 is 2.00 bits per heavy atom. The molecule has 1 aromatic carbocycles. The van der Waals surface area contributed by atoms with Gasteiger partial charge in [-0.1, -0.05) is 0 Å². The van der Waals surface area contributed by atoms with Gasteiger partial charge in [0.05, 0.1) is 24.5 Å². The van der Waals surface area contributed by atoms with Crippen LogP contribution in [0.2, 0.25) is 0 Å². The lowest BCUT2D eigenvalue weighted by atomic mass is 10.1. The average molecular weight is 354 g/mol. The van der Waals surface area contributed by atoms with Gasteiger partial charge in [0.25, 0.3) is 5.91 Å². The first kappa shape index (κ1) is 16.8. The summed E-state index contributed by atoms with van der Waals surface area (Å²) in [7, 11) is 1.59. The highest BCUT2D eigenvalue weighted by atomic mass is 16.5. The third kappa shape index (κ3) is 2.61. The van der Waals surface area contributed by atoms with Crippen LogP contribution >= 0.6 is 0 Å². The molecule has 1 unspecified atom stereocenters. The molecule has 136 valence electrons. The lowest BCUT2D eigenvalue weighted by Crippen LogP contribution is -2.41.